The first-order valence-electron chi connectivity index (χ1n) is 14.3. The molecule has 0 atom stereocenters. The van der Waals surface area contributed by atoms with Crippen LogP contribution in [0.4, 0.5) is 0 Å². The number of halogens is 1. The fraction of sp³-hybridized carbons (Fsp3) is 0.303. The number of hydrogen-bond acceptors (Lipinski definition) is 8. The van der Waals surface area contributed by atoms with E-state index in [-0.39, 0.29) is 28.4 Å². The van der Waals surface area contributed by atoms with E-state index < -0.39 is 11.6 Å². The van der Waals surface area contributed by atoms with Gasteiger partial charge in [0.15, 0.2) is 28.6 Å². The van der Waals surface area contributed by atoms with Crippen molar-refractivity contribution in [2.75, 3.05) is 0 Å². The first-order valence-corrected chi connectivity index (χ1v) is 15.4. The Balaban J connectivity index is 0.000000187. The molecule has 46 heavy (non-hydrogen) atoms. The van der Waals surface area contributed by atoms with Crippen LogP contribution in [0.3, 0.4) is 0 Å². The fourth-order valence-electron chi connectivity index (χ4n) is 5.57. The molecule has 6 aromatic rings. The number of rotatable bonds is 3. The summed E-state index contributed by atoms with van der Waals surface area (Å²) in [6.45, 7) is 11.9. The molecule has 0 fully saturated rings. The Morgan fingerprint density at radius 1 is 0.739 bits per heavy atom. The summed E-state index contributed by atoms with van der Waals surface area (Å²) < 4.78 is 12.5. The number of benzene rings is 2. The second kappa shape index (κ2) is 11.6. The summed E-state index contributed by atoms with van der Waals surface area (Å²) in [6.07, 6.45) is 3.10. The zero-order valence-electron chi connectivity index (χ0n) is 27.0. The van der Waals surface area contributed by atoms with Crippen LogP contribution in [-0.2, 0) is 18.8 Å². The van der Waals surface area contributed by atoms with Gasteiger partial charge in [-0.2, -0.15) is 0 Å². The highest BCUT2D eigenvalue weighted by Crippen LogP contribution is 2.24. The molecule has 4 heterocycles. The van der Waals surface area contributed by atoms with Crippen LogP contribution in [0.1, 0.15) is 77.0 Å². The van der Waals surface area contributed by atoms with Gasteiger partial charge in [-0.25, -0.2) is 14.8 Å². The minimum absolute atomic E-state index is 0.0384. The normalized spacial score (nSPS) is 11.7. The van der Waals surface area contributed by atoms with E-state index in [1.807, 2.05) is 30.4 Å². The van der Waals surface area contributed by atoms with Crippen molar-refractivity contribution in [1.82, 2.24) is 27.9 Å². The Morgan fingerprint density at radius 2 is 1.17 bits per heavy atom. The van der Waals surface area contributed by atoms with E-state index in [0.29, 0.717) is 44.2 Å². The van der Waals surface area contributed by atoms with E-state index in [1.165, 1.54) is 24.7 Å². The number of nitrogens with zero attached hydrogens (tertiary/aromatic N) is 6. The topological polar surface area (TPSA) is 139 Å². The van der Waals surface area contributed by atoms with Gasteiger partial charge in [0.05, 0.1) is 21.8 Å². The molecule has 0 saturated carbocycles. The lowest BCUT2D eigenvalue weighted by Gasteiger charge is -2.19. The summed E-state index contributed by atoms with van der Waals surface area (Å²) in [4.78, 5) is 70.4. The molecular formula is C33H33IN6O6. The van der Waals surface area contributed by atoms with Crippen LogP contribution in [0.15, 0.2) is 46.5 Å². The van der Waals surface area contributed by atoms with Crippen molar-refractivity contribution in [2.24, 2.45) is 14.1 Å². The third-order valence-electron chi connectivity index (χ3n) is 7.49. The van der Waals surface area contributed by atoms with Crippen LogP contribution in [0, 0.1) is 17.5 Å². The van der Waals surface area contributed by atoms with Crippen LogP contribution in [-0.4, -0.2) is 51.0 Å². The van der Waals surface area contributed by atoms with Crippen LogP contribution in [0.5, 0.6) is 0 Å². The van der Waals surface area contributed by atoms with Gasteiger partial charge in [-0.1, -0.05) is 0 Å². The Bertz CT molecular complexity index is 2400. The second-order valence-corrected chi connectivity index (χ2v) is 13.3. The first-order chi connectivity index (χ1) is 21.4. The number of carbonyl (C=O) groups excluding carboxylic acids is 3. The van der Waals surface area contributed by atoms with E-state index in [4.69, 9.17) is 4.74 Å². The number of ether oxygens (including phenoxy) is 1. The Morgan fingerprint density at radius 3 is 1.63 bits per heavy atom. The van der Waals surface area contributed by atoms with Gasteiger partial charge in [0, 0.05) is 25.2 Å². The Hall–Kier alpha value is -4.66. The SMILES string of the molecule is CC(=O)c1cc(C)cc2c(=O)n(C)c3c(C(=O)OC(C)(C)C)ncn3c12.CC(=O)c1cc(C)cc2c(=O)n(C)c3c(I)ncn3c12. The number of hydrogen-bond donors (Lipinski definition) is 0. The molecule has 0 saturated heterocycles. The third kappa shape index (κ3) is 5.52. The average molecular weight is 737 g/mol. The lowest BCUT2D eigenvalue weighted by atomic mass is 10.0. The summed E-state index contributed by atoms with van der Waals surface area (Å²) >= 11 is 2.09. The largest absolute Gasteiger partial charge is 0.455 e. The highest BCUT2D eigenvalue weighted by atomic mass is 127. The number of Topliss-reactive ketones (excluding diaryl/α,β-unsaturated/α-hetero) is 2. The van der Waals surface area contributed by atoms with E-state index in [1.54, 1.807) is 62.3 Å². The highest BCUT2D eigenvalue weighted by molar-refractivity contribution is 14.1. The van der Waals surface area contributed by atoms with Crippen molar-refractivity contribution in [3.8, 4) is 0 Å². The molecule has 0 aliphatic carbocycles. The van der Waals surface area contributed by atoms with Crippen molar-refractivity contribution < 1.29 is 19.1 Å². The molecule has 2 aromatic carbocycles. The number of imidazole rings is 2. The fourth-order valence-corrected chi connectivity index (χ4v) is 6.32. The number of fused-ring (bicyclic) bond motifs is 6. The molecule has 4 aromatic heterocycles. The lowest BCUT2D eigenvalue weighted by Crippen LogP contribution is -2.26. The number of ketones is 2. The average Bonchev–Trinajstić information content (AvgIpc) is 3.57. The molecule has 238 valence electrons. The molecule has 6 rings (SSSR count). The maximum atomic E-state index is 12.9. The molecule has 0 spiro atoms. The van der Waals surface area contributed by atoms with Crippen LogP contribution < -0.4 is 11.1 Å². The van der Waals surface area contributed by atoms with Gasteiger partial charge >= 0.3 is 5.97 Å². The number of esters is 1. The number of aromatic nitrogens is 6. The minimum Gasteiger partial charge on any atom is -0.455 e. The molecule has 0 N–H and O–H groups in total. The summed E-state index contributed by atoms with van der Waals surface area (Å²) in [6, 6.07) is 7.10. The molecular weight excluding hydrogens is 703 g/mol. The van der Waals surface area contributed by atoms with Crippen molar-refractivity contribution in [3.05, 3.63) is 89.3 Å². The third-order valence-corrected chi connectivity index (χ3v) is 8.25. The molecule has 0 amide bonds. The Labute approximate surface area is 276 Å². The number of carbonyl (C=O) groups is 3. The van der Waals surface area contributed by atoms with E-state index in [0.717, 1.165) is 14.8 Å². The van der Waals surface area contributed by atoms with Gasteiger partial charge < -0.3 is 4.74 Å². The molecule has 0 radical (unpaired) electrons. The van der Waals surface area contributed by atoms with Crippen LogP contribution in [0.2, 0.25) is 0 Å². The number of aryl methyl sites for hydroxylation is 4. The molecule has 0 unspecified atom stereocenters. The van der Waals surface area contributed by atoms with Gasteiger partial charge in [-0.15, -0.1) is 0 Å². The van der Waals surface area contributed by atoms with E-state index in [2.05, 4.69) is 32.6 Å². The van der Waals surface area contributed by atoms with Gasteiger partial charge in [-0.3, -0.25) is 37.1 Å². The smallest absolute Gasteiger partial charge is 0.361 e. The molecule has 0 aliphatic rings. The van der Waals surface area contributed by atoms with Crippen molar-refractivity contribution in [3.63, 3.8) is 0 Å². The van der Waals surface area contributed by atoms with Crippen LogP contribution >= 0.6 is 22.6 Å². The van der Waals surface area contributed by atoms with Crippen molar-refractivity contribution in [2.45, 2.75) is 54.1 Å². The van der Waals surface area contributed by atoms with Gasteiger partial charge in [0.1, 0.15) is 22.0 Å². The van der Waals surface area contributed by atoms with E-state index in [9.17, 15) is 24.0 Å². The maximum Gasteiger partial charge on any atom is 0.361 e. The van der Waals surface area contributed by atoms with Gasteiger partial charge in [-0.05, 0) is 106 Å². The first kappa shape index (κ1) is 32.7. The Kier molecular flexibility index (Phi) is 8.26. The summed E-state index contributed by atoms with van der Waals surface area (Å²) in [5.41, 5.74) is 3.69. The molecule has 13 heteroatoms. The van der Waals surface area contributed by atoms with Crippen LogP contribution in [0.25, 0.3) is 33.1 Å². The summed E-state index contributed by atoms with van der Waals surface area (Å²) in [5, 5.41) is 0.942. The van der Waals surface area contributed by atoms with E-state index >= 15 is 0 Å². The molecule has 12 nitrogen and oxygen atoms in total. The van der Waals surface area contributed by atoms with Gasteiger partial charge in [0.2, 0.25) is 0 Å². The zero-order valence-corrected chi connectivity index (χ0v) is 29.1. The summed E-state index contributed by atoms with van der Waals surface area (Å²) in [5.74, 6) is -0.844. The quantitative estimate of drug-likeness (QED) is 0.141. The summed E-state index contributed by atoms with van der Waals surface area (Å²) in [7, 11) is 3.29. The minimum atomic E-state index is -0.690. The van der Waals surface area contributed by atoms with Crippen molar-refractivity contribution >= 4 is 73.2 Å². The monoisotopic (exact) mass is 736 g/mol. The lowest BCUT2D eigenvalue weighted by molar-refractivity contribution is 0.00650. The predicted octanol–water partition coefficient (Wildman–Crippen LogP) is 4.95. The molecule has 0 aliphatic heterocycles. The maximum absolute atomic E-state index is 12.9. The zero-order chi connectivity index (χ0) is 34.0. The standard InChI is InChI=1S/C19H21N3O4.C14H12IN3O2/c1-10-7-12(11(2)23)15-13(8-10)17(24)21(6)16-14(20-9-22(15)16)18(25)26-19(3,4)5;1-7-4-9(8(2)19)11-10(5-7)14(20)17(3)13-12(15)16-6-18(11)13/h7-9H,1-6H3;4-6H,1-3H3. The molecule has 0 bridgehead atoms. The van der Waals surface area contributed by atoms with Gasteiger partial charge in [0.25, 0.3) is 11.1 Å². The van der Waals surface area contributed by atoms with Crippen molar-refractivity contribution in [1.29, 1.82) is 0 Å². The highest BCUT2D eigenvalue weighted by Gasteiger charge is 2.26. The second-order valence-electron chi connectivity index (χ2n) is 12.3. The predicted molar refractivity (Wildman–Crippen MR) is 183 cm³/mol.